The number of aromatic amines is 1. The Kier molecular flexibility index (Phi) is 7.15. The van der Waals surface area contributed by atoms with Crippen LogP contribution in [0.2, 0.25) is 0 Å². The van der Waals surface area contributed by atoms with Crippen molar-refractivity contribution in [1.29, 1.82) is 0 Å². The normalized spacial score (nSPS) is 15.3. The fourth-order valence-electron chi connectivity index (χ4n) is 3.44. The number of nitrogens with one attached hydrogen (secondary N) is 1. The van der Waals surface area contributed by atoms with Crippen LogP contribution in [0.3, 0.4) is 0 Å². The van der Waals surface area contributed by atoms with Crippen LogP contribution in [0, 0.1) is 5.92 Å². The number of methoxy groups -OCH3 is 2. The molecule has 3 rings (SSSR count). The predicted molar refractivity (Wildman–Crippen MR) is 113 cm³/mol. The number of carbonyl (C=O) groups excluding carboxylic acids is 1. The van der Waals surface area contributed by atoms with E-state index in [2.05, 4.69) is 14.9 Å². The van der Waals surface area contributed by atoms with Gasteiger partial charge in [-0.15, -0.1) is 0 Å². The summed E-state index contributed by atoms with van der Waals surface area (Å²) in [6.07, 6.45) is 0.573. The highest BCUT2D eigenvalue weighted by Gasteiger charge is 2.21. The third-order valence-electron chi connectivity index (χ3n) is 5.02. The minimum Gasteiger partial charge on any atom is -0.493 e. The van der Waals surface area contributed by atoms with Crippen molar-refractivity contribution >= 4 is 17.0 Å². The molecule has 1 saturated heterocycles. The van der Waals surface area contributed by atoms with Crippen LogP contribution in [0.25, 0.3) is 10.9 Å². The Morgan fingerprint density at radius 1 is 1.13 bits per heavy atom. The molecule has 0 aliphatic carbocycles. The molecule has 164 valence electrons. The third kappa shape index (κ3) is 5.21. The number of hydrogen-bond donors (Lipinski definition) is 1. The van der Waals surface area contributed by atoms with Gasteiger partial charge in [0.1, 0.15) is 5.82 Å². The van der Waals surface area contributed by atoms with Gasteiger partial charge < -0.3 is 24.1 Å². The van der Waals surface area contributed by atoms with E-state index < -0.39 is 0 Å². The van der Waals surface area contributed by atoms with Crippen molar-refractivity contribution in [2.24, 2.45) is 5.92 Å². The fourth-order valence-corrected chi connectivity index (χ4v) is 3.44. The van der Waals surface area contributed by atoms with Crippen LogP contribution in [0.5, 0.6) is 11.5 Å². The summed E-state index contributed by atoms with van der Waals surface area (Å²) >= 11 is 0. The molecule has 1 amide bonds. The van der Waals surface area contributed by atoms with Gasteiger partial charge in [0.2, 0.25) is 0 Å². The predicted octanol–water partition coefficient (Wildman–Crippen LogP) is 2.24. The lowest BCUT2D eigenvalue weighted by atomic mass is 10.2. The van der Waals surface area contributed by atoms with E-state index in [1.807, 2.05) is 13.8 Å². The topological polar surface area (TPSA) is 97.0 Å². The average molecular weight is 418 g/mol. The van der Waals surface area contributed by atoms with Crippen molar-refractivity contribution in [1.82, 2.24) is 19.8 Å². The van der Waals surface area contributed by atoms with Crippen molar-refractivity contribution in [3.63, 3.8) is 0 Å². The van der Waals surface area contributed by atoms with Gasteiger partial charge in [-0.05, 0) is 18.4 Å². The highest BCUT2D eigenvalue weighted by molar-refractivity contribution is 5.81. The molecule has 1 N–H and O–H groups in total. The number of amides is 1. The Morgan fingerprint density at radius 3 is 2.57 bits per heavy atom. The number of aromatic nitrogens is 2. The lowest BCUT2D eigenvalue weighted by Crippen LogP contribution is -2.36. The Labute approximate surface area is 175 Å². The number of benzene rings is 1. The summed E-state index contributed by atoms with van der Waals surface area (Å²) in [4.78, 5) is 36.2. The maximum atomic E-state index is 12.6. The number of nitrogens with zero attached hydrogens (tertiary/aromatic N) is 3. The minimum absolute atomic E-state index is 0.218. The molecule has 2 aromatic rings. The molecule has 30 heavy (non-hydrogen) atoms. The summed E-state index contributed by atoms with van der Waals surface area (Å²) in [7, 11) is 3.08. The van der Waals surface area contributed by atoms with Gasteiger partial charge in [-0.25, -0.2) is 9.78 Å². The highest BCUT2D eigenvalue weighted by Crippen LogP contribution is 2.29. The lowest BCUT2D eigenvalue weighted by molar-refractivity contribution is 0.0930. The van der Waals surface area contributed by atoms with E-state index in [0.717, 1.165) is 13.0 Å². The van der Waals surface area contributed by atoms with Crippen molar-refractivity contribution in [3.8, 4) is 11.5 Å². The second-order valence-corrected chi connectivity index (χ2v) is 7.82. The first kappa shape index (κ1) is 21.9. The van der Waals surface area contributed by atoms with Gasteiger partial charge in [0.15, 0.2) is 11.5 Å². The Hall–Kier alpha value is -2.81. The first-order chi connectivity index (χ1) is 14.4. The Bertz CT molecular complexity index is 943. The quantitative estimate of drug-likeness (QED) is 0.768. The molecule has 0 atom stereocenters. The van der Waals surface area contributed by atoms with E-state index in [0.29, 0.717) is 66.9 Å². The monoisotopic (exact) mass is 418 g/mol. The summed E-state index contributed by atoms with van der Waals surface area (Å²) in [5.74, 6) is 1.91. The van der Waals surface area contributed by atoms with Crippen molar-refractivity contribution < 1.29 is 19.0 Å². The maximum absolute atomic E-state index is 12.6. The van der Waals surface area contributed by atoms with Crippen molar-refractivity contribution in [2.45, 2.75) is 26.8 Å². The van der Waals surface area contributed by atoms with Crippen LogP contribution in [-0.4, -0.2) is 72.9 Å². The molecule has 0 unspecified atom stereocenters. The van der Waals surface area contributed by atoms with Gasteiger partial charge in [-0.3, -0.25) is 9.69 Å². The summed E-state index contributed by atoms with van der Waals surface area (Å²) in [5.41, 5.74) is 0.338. The molecule has 9 nitrogen and oxygen atoms in total. The molecule has 9 heteroatoms. The van der Waals surface area contributed by atoms with E-state index in [-0.39, 0.29) is 11.7 Å². The van der Waals surface area contributed by atoms with Gasteiger partial charge in [-0.2, -0.15) is 0 Å². The van der Waals surface area contributed by atoms with Crippen LogP contribution in [0.15, 0.2) is 16.9 Å². The summed E-state index contributed by atoms with van der Waals surface area (Å²) in [6, 6.07) is 3.35. The second-order valence-electron chi connectivity index (χ2n) is 7.82. The molecule has 1 aliphatic rings. The highest BCUT2D eigenvalue weighted by atomic mass is 16.6. The van der Waals surface area contributed by atoms with E-state index in [1.165, 1.54) is 7.11 Å². The summed E-state index contributed by atoms with van der Waals surface area (Å²) < 4.78 is 15.9. The first-order valence-electron chi connectivity index (χ1n) is 10.2. The summed E-state index contributed by atoms with van der Waals surface area (Å²) in [6.45, 7) is 7.68. The van der Waals surface area contributed by atoms with Crippen LogP contribution in [-0.2, 0) is 11.3 Å². The number of H-pyrrole nitrogens is 1. The minimum atomic E-state index is -0.260. The van der Waals surface area contributed by atoms with Crippen LogP contribution >= 0.6 is 0 Å². The smallest absolute Gasteiger partial charge is 0.409 e. The zero-order chi connectivity index (χ0) is 21.7. The largest absolute Gasteiger partial charge is 0.493 e. The molecule has 0 spiro atoms. The van der Waals surface area contributed by atoms with Crippen molar-refractivity contribution in [3.05, 3.63) is 28.3 Å². The van der Waals surface area contributed by atoms with Gasteiger partial charge >= 0.3 is 6.09 Å². The number of rotatable bonds is 6. The molecule has 1 aromatic carbocycles. The first-order valence-corrected chi connectivity index (χ1v) is 10.2. The van der Waals surface area contributed by atoms with Crippen molar-refractivity contribution in [2.75, 3.05) is 47.0 Å². The van der Waals surface area contributed by atoms with Crippen LogP contribution < -0.4 is 15.0 Å². The molecule has 1 aliphatic heterocycles. The Morgan fingerprint density at radius 2 is 1.87 bits per heavy atom. The maximum Gasteiger partial charge on any atom is 0.409 e. The molecular weight excluding hydrogens is 388 g/mol. The molecule has 2 heterocycles. The molecule has 0 bridgehead atoms. The van der Waals surface area contributed by atoms with Crippen LogP contribution in [0.4, 0.5) is 4.79 Å². The SMILES string of the molecule is COc1cc2nc(CN3CCCN(C(=O)OCC(C)C)CC3)[nH]c(=O)c2cc1OC. The average Bonchev–Trinajstić information content (AvgIpc) is 2.96. The number of fused-ring (bicyclic) bond motifs is 1. The standard InChI is InChI=1S/C21H30N4O5/c1-14(2)13-30-21(27)25-7-5-6-24(8-9-25)12-19-22-16-11-18(29-4)17(28-3)10-15(16)20(26)23-19/h10-11,14H,5-9,12-13H2,1-4H3,(H,22,23,26). The third-order valence-corrected chi connectivity index (χ3v) is 5.02. The molecule has 0 radical (unpaired) electrons. The second kappa shape index (κ2) is 9.80. The van der Waals surface area contributed by atoms with E-state index in [4.69, 9.17) is 14.2 Å². The fraction of sp³-hybridized carbons (Fsp3) is 0.571. The van der Waals surface area contributed by atoms with E-state index >= 15 is 0 Å². The zero-order valence-corrected chi connectivity index (χ0v) is 18.1. The number of carbonyl (C=O) groups is 1. The Balaban J connectivity index is 1.70. The molecule has 1 fully saturated rings. The van der Waals surface area contributed by atoms with Gasteiger partial charge in [-0.1, -0.05) is 13.8 Å². The number of hydrogen-bond acceptors (Lipinski definition) is 7. The number of ether oxygens (including phenoxy) is 3. The summed E-state index contributed by atoms with van der Waals surface area (Å²) in [5, 5.41) is 0.450. The van der Waals surface area contributed by atoms with Gasteiger partial charge in [0.25, 0.3) is 5.56 Å². The molecule has 1 aromatic heterocycles. The van der Waals surface area contributed by atoms with E-state index in [1.54, 1.807) is 24.1 Å². The molecular formula is C21H30N4O5. The van der Waals surface area contributed by atoms with Crippen LogP contribution in [0.1, 0.15) is 26.1 Å². The zero-order valence-electron chi connectivity index (χ0n) is 18.1. The lowest BCUT2D eigenvalue weighted by Gasteiger charge is -2.21. The van der Waals surface area contributed by atoms with E-state index in [9.17, 15) is 9.59 Å². The van der Waals surface area contributed by atoms with Gasteiger partial charge in [0, 0.05) is 32.2 Å². The van der Waals surface area contributed by atoms with Gasteiger partial charge in [0.05, 0.1) is 38.3 Å². The molecule has 0 saturated carbocycles.